The SMILES string of the molecule is CN(C(=O)c1ccc2c(c1)CCCN2S(C)(=O)=O)C1CCCc2ccccc21. The Bertz CT molecular complexity index is 1020. The molecule has 0 radical (unpaired) electrons. The molecule has 1 amide bonds. The molecule has 0 spiro atoms. The zero-order chi connectivity index (χ0) is 19.9. The molecule has 1 unspecified atom stereocenters. The number of rotatable bonds is 3. The number of anilines is 1. The van der Waals surface area contributed by atoms with E-state index < -0.39 is 10.0 Å². The van der Waals surface area contributed by atoms with Crippen LogP contribution < -0.4 is 4.31 Å². The minimum Gasteiger partial charge on any atom is -0.335 e. The number of carbonyl (C=O) groups is 1. The van der Waals surface area contributed by atoms with E-state index in [0.29, 0.717) is 17.8 Å². The first-order chi connectivity index (χ1) is 13.4. The molecule has 0 N–H and O–H groups in total. The van der Waals surface area contributed by atoms with E-state index in [1.807, 2.05) is 24.1 Å². The van der Waals surface area contributed by atoms with Crippen LogP contribution in [0.4, 0.5) is 5.69 Å². The van der Waals surface area contributed by atoms with Crippen molar-refractivity contribution in [1.82, 2.24) is 4.90 Å². The fraction of sp³-hybridized carbons (Fsp3) is 0.409. The molecule has 28 heavy (non-hydrogen) atoms. The highest BCUT2D eigenvalue weighted by Crippen LogP contribution is 2.35. The van der Waals surface area contributed by atoms with Gasteiger partial charge in [0, 0.05) is 19.2 Å². The second-order valence-electron chi connectivity index (χ2n) is 7.81. The molecule has 1 heterocycles. The van der Waals surface area contributed by atoms with Crippen LogP contribution in [0, 0.1) is 0 Å². The molecule has 2 aliphatic rings. The van der Waals surface area contributed by atoms with Gasteiger partial charge in [-0.05, 0) is 67.0 Å². The van der Waals surface area contributed by atoms with Crippen LogP contribution in [0.3, 0.4) is 0 Å². The van der Waals surface area contributed by atoms with Gasteiger partial charge in [0.05, 0.1) is 18.0 Å². The first-order valence-electron chi connectivity index (χ1n) is 9.82. The second-order valence-corrected chi connectivity index (χ2v) is 9.71. The van der Waals surface area contributed by atoms with Gasteiger partial charge in [0.2, 0.25) is 10.0 Å². The number of sulfonamides is 1. The molecule has 2 aromatic carbocycles. The Labute approximate surface area is 167 Å². The lowest BCUT2D eigenvalue weighted by Crippen LogP contribution is -2.35. The molecular weight excluding hydrogens is 372 g/mol. The van der Waals surface area contributed by atoms with Crippen molar-refractivity contribution in [3.05, 3.63) is 64.7 Å². The smallest absolute Gasteiger partial charge is 0.254 e. The summed E-state index contributed by atoms with van der Waals surface area (Å²) in [5, 5.41) is 0. The minimum absolute atomic E-state index is 0.0130. The third-order valence-corrected chi connectivity index (χ3v) is 7.11. The Morgan fingerprint density at radius 3 is 2.61 bits per heavy atom. The third kappa shape index (κ3) is 3.41. The monoisotopic (exact) mass is 398 g/mol. The lowest BCUT2D eigenvalue weighted by Gasteiger charge is -2.34. The van der Waals surface area contributed by atoms with Crippen LogP contribution in [0.2, 0.25) is 0 Å². The highest BCUT2D eigenvalue weighted by Gasteiger charge is 2.29. The second kappa shape index (κ2) is 7.24. The van der Waals surface area contributed by atoms with Crippen molar-refractivity contribution in [3.63, 3.8) is 0 Å². The number of amides is 1. The highest BCUT2D eigenvalue weighted by molar-refractivity contribution is 7.92. The standard InChI is InChI=1S/C22H26N2O3S/c1-23(21-11-5-8-16-7-3-4-10-19(16)21)22(25)18-12-13-20-17(15-18)9-6-14-24(20)28(2,26)27/h3-4,7,10,12-13,15,21H,5-6,8-9,11,14H2,1-2H3. The molecule has 148 valence electrons. The van der Waals surface area contributed by atoms with Crippen LogP contribution in [0.15, 0.2) is 42.5 Å². The molecule has 1 aliphatic carbocycles. The molecule has 0 saturated carbocycles. The minimum atomic E-state index is -3.30. The van der Waals surface area contributed by atoms with Crippen molar-refractivity contribution >= 4 is 21.6 Å². The maximum Gasteiger partial charge on any atom is 0.254 e. The third-order valence-electron chi connectivity index (χ3n) is 5.93. The van der Waals surface area contributed by atoms with Crippen LogP contribution in [0.5, 0.6) is 0 Å². The van der Waals surface area contributed by atoms with Gasteiger partial charge >= 0.3 is 0 Å². The van der Waals surface area contributed by atoms with Gasteiger partial charge in [0.1, 0.15) is 0 Å². The van der Waals surface area contributed by atoms with Crippen molar-refractivity contribution in [2.75, 3.05) is 24.2 Å². The van der Waals surface area contributed by atoms with Crippen LogP contribution in [-0.4, -0.2) is 39.1 Å². The molecule has 0 saturated heterocycles. The van der Waals surface area contributed by atoms with Gasteiger partial charge in [-0.25, -0.2) is 8.42 Å². The van der Waals surface area contributed by atoms with Gasteiger partial charge in [-0.3, -0.25) is 9.10 Å². The Hall–Kier alpha value is -2.34. The van der Waals surface area contributed by atoms with Crippen molar-refractivity contribution < 1.29 is 13.2 Å². The number of nitrogens with zero attached hydrogens (tertiary/aromatic N) is 2. The number of aryl methyl sites for hydroxylation is 2. The summed E-state index contributed by atoms with van der Waals surface area (Å²) < 4.78 is 25.5. The lowest BCUT2D eigenvalue weighted by atomic mass is 9.86. The molecule has 4 rings (SSSR count). The zero-order valence-electron chi connectivity index (χ0n) is 16.4. The average molecular weight is 399 g/mol. The molecule has 1 aliphatic heterocycles. The highest BCUT2D eigenvalue weighted by atomic mass is 32.2. The molecule has 5 nitrogen and oxygen atoms in total. The van der Waals surface area contributed by atoms with Crippen molar-refractivity contribution in [1.29, 1.82) is 0 Å². The Morgan fingerprint density at radius 1 is 1.07 bits per heavy atom. The van der Waals surface area contributed by atoms with Gasteiger partial charge in [-0.1, -0.05) is 24.3 Å². The largest absolute Gasteiger partial charge is 0.335 e. The van der Waals surface area contributed by atoms with Gasteiger partial charge in [-0.15, -0.1) is 0 Å². The predicted octanol–water partition coefficient (Wildman–Crippen LogP) is 3.55. The van der Waals surface area contributed by atoms with E-state index in [4.69, 9.17) is 0 Å². The molecule has 0 bridgehead atoms. The summed E-state index contributed by atoms with van der Waals surface area (Å²) in [7, 11) is -1.43. The van der Waals surface area contributed by atoms with E-state index in [1.165, 1.54) is 21.7 Å². The molecular formula is C22H26N2O3S. The summed E-state index contributed by atoms with van der Waals surface area (Å²) in [4.78, 5) is 15.1. The van der Waals surface area contributed by atoms with Crippen LogP contribution in [0.1, 0.15) is 52.4 Å². The number of fused-ring (bicyclic) bond motifs is 2. The van der Waals surface area contributed by atoms with Gasteiger partial charge < -0.3 is 4.90 Å². The maximum atomic E-state index is 13.2. The summed E-state index contributed by atoms with van der Waals surface area (Å²) >= 11 is 0. The van der Waals surface area contributed by atoms with Crippen molar-refractivity contribution in [3.8, 4) is 0 Å². The first-order valence-corrected chi connectivity index (χ1v) is 11.7. The Kier molecular flexibility index (Phi) is 4.91. The maximum absolute atomic E-state index is 13.2. The van der Waals surface area contributed by atoms with E-state index in [2.05, 4.69) is 18.2 Å². The Balaban J connectivity index is 1.63. The summed E-state index contributed by atoms with van der Waals surface area (Å²) in [5.41, 5.74) is 4.83. The normalized spacial score (nSPS) is 18.9. The van der Waals surface area contributed by atoms with Gasteiger partial charge in [-0.2, -0.15) is 0 Å². The van der Waals surface area contributed by atoms with Gasteiger partial charge in [0.25, 0.3) is 5.91 Å². The molecule has 1 atom stereocenters. The fourth-order valence-corrected chi connectivity index (χ4v) is 5.51. The summed E-state index contributed by atoms with van der Waals surface area (Å²) in [6.45, 7) is 0.498. The van der Waals surface area contributed by atoms with Gasteiger partial charge in [0.15, 0.2) is 0 Å². The predicted molar refractivity (Wildman–Crippen MR) is 111 cm³/mol. The number of hydrogen-bond acceptors (Lipinski definition) is 3. The number of hydrogen-bond donors (Lipinski definition) is 0. The fourth-order valence-electron chi connectivity index (χ4n) is 4.52. The van der Waals surface area contributed by atoms with E-state index >= 15 is 0 Å². The van der Waals surface area contributed by atoms with Crippen molar-refractivity contribution in [2.24, 2.45) is 0 Å². The average Bonchev–Trinajstić information content (AvgIpc) is 2.70. The molecule has 0 aromatic heterocycles. The Morgan fingerprint density at radius 2 is 1.82 bits per heavy atom. The van der Waals surface area contributed by atoms with E-state index in [0.717, 1.165) is 37.7 Å². The van der Waals surface area contributed by atoms with Crippen LogP contribution in [0.25, 0.3) is 0 Å². The van der Waals surface area contributed by atoms with E-state index in [9.17, 15) is 13.2 Å². The quantitative estimate of drug-likeness (QED) is 0.794. The molecule has 6 heteroatoms. The number of benzene rings is 2. The summed E-state index contributed by atoms with van der Waals surface area (Å²) in [5.74, 6) is -0.0130. The lowest BCUT2D eigenvalue weighted by molar-refractivity contribution is 0.0715. The molecule has 0 fully saturated rings. The molecule has 2 aromatic rings. The topological polar surface area (TPSA) is 57.7 Å². The van der Waals surface area contributed by atoms with Crippen molar-refractivity contribution in [2.45, 2.75) is 38.1 Å². The van der Waals surface area contributed by atoms with Crippen LogP contribution in [-0.2, 0) is 22.9 Å². The van der Waals surface area contributed by atoms with Crippen LogP contribution >= 0.6 is 0 Å². The summed E-state index contributed by atoms with van der Waals surface area (Å²) in [6.07, 6.45) is 5.89. The summed E-state index contributed by atoms with van der Waals surface area (Å²) in [6, 6.07) is 13.9. The zero-order valence-corrected chi connectivity index (χ0v) is 17.2. The van der Waals surface area contributed by atoms with E-state index in [-0.39, 0.29) is 11.9 Å². The number of carbonyl (C=O) groups excluding carboxylic acids is 1. The first kappa shape index (κ1) is 19.0. The van der Waals surface area contributed by atoms with E-state index in [1.54, 1.807) is 12.1 Å².